The van der Waals surface area contributed by atoms with Crippen molar-refractivity contribution < 1.29 is 4.79 Å². The van der Waals surface area contributed by atoms with Crippen LogP contribution in [-0.4, -0.2) is 31.4 Å². The average molecular weight is 393 g/mol. The fraction of sp³-hybridized carbons (Fsp3) is 0.583. The lowest BCUT2D eigenvalue weighted by molar-refractivity contribution is 0.0975. The predicted molar refractivity (Wildman–Crippen MR) is 117 cm³/mol. The molecule has 2 fully saturated rings. The average Bonchev–Trinajstić information content (AvgIpc) is 3.48. The van der Waals surface area contributed by atoms with Crippen molar-refractivity contribution in [1.82, 2.24) is 10.6 Å². The molecule has 4 bridgehead atoms. The SMILES string of the molecule is Cc1ccc2c(c1)N1CCC3(CC3)C(CCCNC3=CCC(C)C(=N3)NC2=O)C1. The molecule has 5 nitrogen and oxygen atoms in total. The highest BCUT2D eigenvalue weighted by atomic mass is 16.1. The summed E-state index contributed by atoms with van der Waals surface area (Å²) in [5, 5.41) is 6.63. The first-order chi connectivity index (χ1) is 14.0. The number of rotatable bonds is 0. The van der Waals surface area contributed by atoms with Crippen LogP contribution in [-0.2, 0) is 0 Å². The van der Waals surface area contributed by atoms with Crippen molar-refractivity contribution in [3.8, 4) is 0 Å². The summed E-state index contributed by atoms with van der Waals surface area (Å²) in [5.74, 6) is 2.59. The maximum atomic E-state index is 13.3. The van der Waals surface area contributed by atoms with Crippen LogP contribution in [0.25, 0.3) is 0 Å². The Balaban J connectivity index is 1.52. The first-order valence-corrected chi connectivity index (χ1v) is 11.2. The van der Waals surface area contributed by atoms with Crippen molar-refractivity contribution in [3.63, 3.8) is 0 Å². The van der Waals surface area contributed by atoms with Crippen LogP contribution in [0.3, 0.4) is 0 Å². The molecule has 154 valence electrons. The molecule has 1 aromatic carbocycles. The number of aryl methyl sites for hydroxylation is 1. The molecule has 29 heavy (non-hydrogen) atoms. The molecular formula is C24H32N4O. The van der Waals surface area contributed by atoms with Gasteiger partial charge in [0.25, 0.3) is 5.91 Å². The minimum atomic E-state index is -0.0350. The van der Waals surface area contributed by atoms with Gasteiger partial charge in [0.1, 0.15) is 11.7 Å². The molecule has 1 aromatic rings. The zero-order valence-electron chi connectivity index (χ0n) is 17.6. The van der Waals surface area contributed by atoms with E-state index >= 15 is 0 Å². The lowest BCUT2D eigenvalue weighted by Gasteiger charge is -2.41. The number of piperidine rings is 1. The number of fused-ring (bicyclic) bond motifs is 6. The summed E-state index contributed by atoms with van der Waals surface area (Å²) in [6.45, 7) is 7.32. The largest absolute Gasteiger partial charge is 0.371 e. The third-order valence-corrected chi connectivity index (χ3v) is 7.47. The van der Waals surface area contributed by atoms with Gasteiger partial charge in [-0.1, -0.05) is 13.0 Å². The van der Waals surface area contributed by atoms with E-state index in [0.717, 1.165) is 54.9 Å². The molecule has 4 aliphatic rings. The lowest BCUT2D eigenvalue weighted by Crippen LogP contribution is -2.44. The summed E-state index contributed by atoms with van der Waals surface area (Å²) in [7, 11) is 0. The molecule has 0 aromatic heterocycles. The molecule has 2 atom stereocenters. The number of hydrogen-bond acceptors (Lipinski definition) is 4. The van der Waals surface area contributed by atoms with Gasteiger partial charge in [0.05, 0.1) is 5.56 Å². The van der Waals surface area contributed by atoms with E-state index in [1.165, 1.54) is 37.7 Å². The molecular weight excluding hydrogens is 360 g/mol. The Kier molecular flexibility index (Phi) is 4.64. The molecule has 1 amide bonds. The second-order valence-corrected chi connectivity index (χ2v) is 9.52. The Morgan fingerprint density at radius 3 is 2.93 bits per heavy atom. The van der Waals surface area contributed by atoms with E-state index in [1.54, 1.807) is 0 Å². The quantitative estimate of drug-likeness (QED) is 0.702. The van der Waals surface area contributed by atoms with E-state index in [-0.39, 0.29) is 11.8 Å². The Hall–Kier alpha value is -2.30. The van der Waals surface area contributed by atoms with Gasteiger partial charge in [-0.15, -0.1) is 0 Å². The van der Waals surface area contributed by atoms with Crippen LogP contribution < -0.4 is 15.5 Å². The van der Waals surface area contributed by atoms with Crippen LogP contribution in [0.1, 0.15) is 61.4 Å². The highest BCUT2D eigenvalue weighted by Crippen LogP contribution is 2.58. The highest BCUT2D eigenvalue weighted by Gasteiger charge is 2.51. The second-order valence-electron chi connectivity index (χ2n) is 9.52. The molecule has 1 saturated carbocycles. The number of nitrogens with zero attached hydrogens (tertiary/aromatic N) is 2. The van der Waals surface area contributed by atoms with Gasteiger partial charge in [-0.2, -0.15) is 0 Å². The number of carbonyl (C=O) groups is 1. The molecule has 5 heteroatoms. The molecule has 1 aliphatic carbocycles. The van der Waals surface area contributed by atoms with Crippen LogP contribution >= 0.6 is 0 Å². The Bertz CT molecular complexity index is 883. The Morgan fingerprint density at radius 2 is 2.10 bits per heavy atom. The Labute approximate surface area is 173 Å². The third-order valence-electron chi connectivity index (χ3n) is 7.47. The van der Waals surface area contributed by atoms with Crippen molar-refractivity contribution in [2.24, 2.45) is 22.2 Å². The summed E-state index contributed by atoms with van der Waals surface area (Å²) in [6, 6.07) is 6.23. The minimum Gasteiger partial charge on any atom is -0.371 e. The van der Waals surface area contributed by atoms with Gasteiger partial charge in [0.2, 0.25) is 0 Å². The van der Waals surface area contributed by atoms with Gasteiger partial charge in [-0.25, -0.2) is 4.99 Å². The molecule has 0 radical (unpaired) electrons. The first-order valence-electron chi connectivity index (χ1n) is 11.2. The van der Waals surface area contributed by atoms with Crippen LogP contribution in [0.15, 0.2) is 35.1 Å². The van der Waals surface area contributed by atoms with Crippen molar-refractivity contribution in [2.45, 2.75) is 52.4 Å². The third kappa shape index (κ3) is 3.56. The molecule has 2 N–H and O–H groups in total. The summed E-state index contributed by atoms with van der Waals surface area (Å²) >= 11 is 0. The predicted octanol–water partition coefficient (Wildman–Crippen LogP) is 3.99. The number of amides is 1. The zero-order chi connectivity index (χ0) is 20.0. The number of amidine groups is 1. The van der Waals surface area contributed by atoms with Gasteiger partial charge in [0.15, 0.2) is 0 Å². The zero-order valence-corrected chi connectivity index (χ0v) is 17.6. The van der Waals surface area contributed by atoms with Crippen molar-refractivity contribution in [3.05, 3.63) is 41.2 Å². The van der Waals surface area contributed by atoms with Crippen molar-refractivity contribution in [1.29, 1.82) is 0 Å². The van der Waals surface area contributed by atoms with E-state index in [0.29, 0.717) is 5.41 Å². The fourth-order valence-electron chi connectivity index (χ4n) is 5.34. The number of carbonyl (C=O) groups excluding carboxylic acids is 1. The molecule has 5 rings (SSSR count). The topological polar surface area (TPSA) is 56.7 Å². The van der Waals surface area contributed by atoms with Crippen LogP contribution in [0.5, 0.6) is 0 Å². The smallest absolute Gasteiger partial charge is 0.258 e. The van der Waals surface area contributed by atoms with Gasteiger partial charge in [-0.3, -0.25) is 4.79 Å². The van der Waals surface area contributed by atoms with Gasteiger partial charge in [0, 0.05) is 31.2 Å². The van der Waals surface area contributed by atoms with Crippen LogP contribution in [0, 0.1) is 24.2 Å². The van der Waals surface area contributed by atoms with Crippen LogP contribution in [0.2, 0.25) is 0 Å². The van der Waals surface area contributed by atoms with E-state index in [4.69, 9.17) is 4.99 Å². The van der Waals surface area contributed by atoms with E-state index in [9.17, 15) is 4.79 Å². The normalized spacial score (nSPS) is 28.3. The number of nitrogens with one attached hydrogen (secondary N) is 2. The van der Waals surface area contributed by atoms with Crippen molar-refractivity contribution >= 4 is 17.4 Å². The molecule has 1 saturated heterocycles. The highest BCUT2D eigenvalue weighted by molar-refractivity contribution is 6.10. The summed E-state index contributed by atoms with van der Waals surface area (Å²) in [5.41, 5.74) is 3.65. The number of anilines is 1. The molecule has 3 aliphatic heterocycles. The monoisotopic (exact) mass is 392 g/mol. The second kappa shape index (κ2) is 7.19. The van der Waals surface area contributed by atoms with E-state index in [1.807, 2.05) is 12.1 Å². The van der Waals surface area contributed by atoms with Gasteiger partial charge < -0.3 is 15.5 Å². The molecule has 2 unspecified atom stereocenters. The lowest BCUT2D eigenvalue weighted by atomic mass is 9.79. The summed E-state index contributed by atoms with van der Waals surface area (Å²) in [6.07, 6.45) is 9.51. The van der Waals surface area contributed by atoms with Crippen LogP contribution in [0.4, 0.5) is 5.69 Å². The van der Waals surface area contributed by atoms with E-state index < -0.39 is 0 Å². The first kappa shape index (κ1) is 18.7. The molecule has 3 heterocycles. The Morgan fingerprint density at radius 1 is 1.24 bits per heavy atom. The number of aliphatic imine (C=N–C) groups is 1. The number of hydrogen-bond donors (Lipinski definition) is 2. The maximum Gasteiger partial charge on any atom is 0.258 e. The minimum absolute atomic E-state index is 0.0350. The van der Waals surface area contributed by atoms with E-state index in [2.05, 4.69) is 41.5 Å². The van der Waals surface area contributed by atoms with Gasteiger partial charge in [-0.05, 0) is 80.6 Å². The van der Waals surface area contributed by atoms with Crippen molar-refractivity contribution in [2.75, 3.05) is 24.5 Å². The van der Waals surface area contributed by atoms with Gasteiger partial charge >= 0.3 is 0 Å². The number of benzene rings is 1. The maximum absolute atomic E-state index is 13.3. The summed E-state index contributed by atoms with van der Waals surface area (Å²) in [4.78, 5) is 20.5. The standard InChI is InChI=1S/C24H32N4O/c1-16-5-7-19-20(14-16)28-13-11-24(9-10-24)18(15-28)4-3-12-25-21-8-6-17(2)22(26-21)27-23(19)29/h5,7-8,14,17-18,25H,3-4,6,9-13,15H2,1-2H3,(H,26,27,29). The fourth-order valence-corrected chi connectivity index (χ4v) is 5.34. The molecule has 1 spiro atoms. The number of allylic oxidation sites excluding steroid dienone is 1. The summed E-state index contributed by atoms with van der Waals surface area (Å²) < 4.78 is 0.